The Hall–Kier alpha value is -2.89. The minimum absolute atomic E-state index is 0.0623. The average Bonchev–Trinajstić information content (AvgIpc) is 3.30. The molecule has 3 aromatic rings. The highest BCUT2D eigenvalue weighted by molar-refractivity contribution is 6.36. The summed E-state index contributed by atoms with van der Waals surface area (Å²) in [4.78, 5) is 31.8. The minimum atomic E-state index is -0.140. The van der Waals surface area contributed by atoms with E-state index in [9.17, 15) is 9.59 Å². The van der Waals surface area contributed by atoms with Crippen LogP contribution < -0.4 is 5.32 Å². The van der Waals surface area contributed by atoms with Crippen LogP contribution in [0.4, 0.5) is 0 Å². The topological polar surface area (TPSA) is 62.3 Å². The number of likely N-dealkylation sites (tertiary alicyclic amines) is 1. The monoisotopic (exact) mass is 535 g/mol. The van der Waals surface area contributed by atoms with Gasteiger partial charge in [-0.2, -0.15) is 0 Å². The number of hydrogen-bond acceptors (Lipinski definition) is 3. The van der Waals surface area contributed by atoms with E-state index in [1.54, 1.807) is 24.5 Å². The molecule has 2 fully saturated rings. The van der Waals surface area contributed by atoms with E-state index in [0.717, 1.165) is 48.1 Å². The number of hydrogen-bond donors (Lipinski definition) is 1. The number of aromatic nitrogens is 1. The maximum Gasteiger partial charge on any atom is 0.251 e. The maximum absolute atomic E-state index is 13.1. The van der Waals surface area contributed by atoms with Gasteiger partial charge in [-0.3, -0.25) is 14.6 Å². The molecule has 1 saturated heterocycles. The first kappa shape index (κ1) is 25.7. The molecular weight excluding hydrogens is 505 g/mol. The molecule has 1 unspecified atom stereocenters. The predicted octanol–water partition coefficient (Wildman–Crippen LogP) is 6.71. The third-order valence-corrected chi connectivity index (χ3v) is 8.32. The van der Waals surface area contributed by atoms with Crippen molar-refractivity contribution >= 4 is 35.0 Å². The lowest BCUT2D eigenvalue weighted by molar-refractivity contribution is -0.133. The number of rotatable bonds is 7. The lowest BCUT2D eigenvalue weighted by Crippen LogP contribution is -2.39. The maximum atomic E-state index is 13.1. The summed E-state index contributed by atoms with van der Waals surface area (Å²) >= 11 is 13.4. The molecule has 37 heavy (non-hydrogen) atoms. The van der Waals surface area contributed by atoms with Crippen LogP contribution in [0.1, 0.15) is 60.0 Å². The van der Waals surface area contributed by atoms with Gasteiger partial charge in [0.25, 0.3) is 5.91 Å². The van der Waals surface area contributed by atoms with Crippen molar-refractivity contribution in [3.8, 4) is 11.1 Å². The molecule has 1 atom stereocenters. The molecule has 7 heteroatoms. The zero-order chi connectivity index (χ0) is 25.8. The van der Waals surface area contributed by atoms with Crippen molar-refractivity contribution in [2.45, 2.75) is 57.5 Å². The summed E-state index contributed by atoms with van der Waals surface area (Å²) in [5.74, 6) is 0.0481. The largest absolute Gasteiger partial charge is 0.348 e. The van der Waals surface area contributed by atoms with Gasteiger partial charge in [0, 0.05) is 53.1 Å². The van der Waals surface area contributed by atoms with Gasteiger partial charge in [-0.05, 0) is 84.3 Å². The normalized spacial score (nSPS) is 18.3. The van der Waals surface area contributed by atoms with E-state index in [2.05, 4.69) is 15.2 Å². The second kappa shape index (κ2) is 11.7. The first-order valence-corrected chi connectivity index (χ1v) is 13.8. The van der Waals surface area contributed by atoms with Crippen LogP contribution in [-0.2, 0) is 17.8 Å². The van der Waals surface area contributed by atoms with Crippen molar-refractivity contribution in [1.29, 1.82) is 0 Å². The van der Waals surface area contributed by atoms with Crippen molar-refractivity contribution in [2.75, 3.05) is 6.54 Å². The predicted molar refractivity (Wildman–Crippen MR) is 148 cm³/mol. The summed E-state index contributed by atoms with van der Waals surface area (Å²) < 4.78 is 0. The number of nitrogens with one attached hydrogen (secondary N) is 1. The standard InChI is InChI=1S/C30H31Cl2N3O2/c31-27-17-24(21-6-8-22(9-7-21)29(36)34-19-20-10-13-33-14-11-20)18-28(32)26(27)16-23-12-15-35(30(23)37)25-4-2-1-3-5-25/h6-11,13-14,17-18,23,25H,1-5,12,15-16,19H2,(H,34,36). The molecule has 0 radical (unpaired) electrons. The van der Waals surface area contributed by atoms with E-state index in [1.165, 1.54) is 19.3 Å². The lowest BCUT2D eigenvalue weighted by Gasteiger charge is -2.31. The summed E-state index contributed by atoms with van der Waals surface area (Å²) in [7, 11) is 0. The molecule has 1 aliphatic heterocycles. The summed E-state index contributed by atoms with van der Waals surface area (Å²) in [6, 6.07) is 15.3. The van der Waals surface area contributed by atoms with Gasteiger partial charge in [0.15, 0.2) is 0 Å². The van der Waals surface area contributed by atoms with Crippen LogP contribution in [0.2, 0.25) is 10.0 Å². The van der Waals surface area contributed by atoms with Gasteiger partial charge in [0.05, 0.1) is 0 Å². The summed E-state index contributed by atoms with van der Waals surface area (Å²) in [5, 5.41) is 4.07. The van der Waals surface area contributed by atoms with Crippen LogP contribution in [0, 0.1) is 5.92 Å². The smallest absolute Gasteiger partial charge is 0.251 e. The van der Waals surface area contributed by atoms with Gasteiger partial charge in [-0.25, -0.2) is 0 Å². The average molecular weight is 537 g/mol. The van der Waals surface area contributed by atoms with Crippen molar-refractivity contribution < 1.29 is 9.59 Å². The van der Waals surface area contributed by atoms with Crippen molar-refractivity contribution in [3.63, 3.8) is 0 Å². The van der Waals surface area contributed by atoms with Crippen molar-refractivity contribution in [1.82, 2.24) is 15.2 Å². The quantitative estimate of drug-likeness (QED) is 0.365. The molecule has 5 nitrogen and oxygen atoms in total. The number of benzene rings is 2. The molecule has 1 N–H and O–H groups in total. The minimum Gasteiger partial charge on any atom is -0.348 e. The van der Waals surface area contributed by atoms with Gasteiger partial charge in [0.2, 0.25) is 5.91 Å². The summed E-state index contributed by atoms with van der Waals surface area (Å²) in [6.07, 6.45) is 10.8. The van der Waals surface area contributed by atoms with Gasteiger partial charge < -0.3 is 10.2 Å². The lowest BCUT2D eigenvalue weighted by atomic mass is 9.93. The van der Waals surface area contributed by atoms with E-state index in [4.69, 9.17) is 23.2 Å². The van der Waals surface area contributed by atoms with Gasteiger partial charge in [0.1, 0.15) is 0 Å². The van der Waals surface area contributed by atoms with Gasteiger partial charge in [-0.15, -0.1) is 0 Å². The first-order chi connectivity index (χ1) is 18.0. The fraction of sp³-hybridized carbons (Fsp3) is 0.367. The zero-order valence-corrected chi connectivity index (χ0v) is 22.3. The highest BCUT2D eigenvalue weighted by Gasteiger charge is 2.36. The molecule has 2 aliphatic rings. The number of carbonyl (C=O) groups is 2. The SMILES string of the molecule is O=C(NCc1ccncc1)c1ccc(-c2cc(Cl)c(CC3CCN(C4CCCCC4)C3=O)c(Cl)c2)cc1. The summed E-state index contributed by atoms with van der Waals surface area (Å²) in [5.41, 5.74) is 4.20. The van der Waals surface area contributed by atoms with Crippen LogP contribution >= 0.6 is 23.2 Å². The van der Waals surface area contributed by atoms with E-state index in [1.807, 2.05) is 36.4 Å². The molecule has 1 aliphatic carbocycles. The van der Waals surface area contributed by atoms with Crippen LogP contribution in [0.15, 0.2) is 60.9 Å². The van der Waals surface area contributed by atoms with Crippen molar-refractivity contribution in [2.24, 2.45) is 5.92 Å². The third-order valence-electron chi connectivity index (χ3n) is 7.64. The van der Waals surface area contributed by atoms with Crippen LogP contribution in [0.5, 0.6) is 0 Å². The van der Waals surface area contributed by atoms with E-state index in [0.29, 0.717) is 34.6 Å². The number of amides is 2. The molecule has 0 bridgehead atoms. The molecule has 2 amide bonds. The number of halogens is 2. The van der Waals surface area contributed by atoms with Gasteiger partial charge >= 0.3 is 0 Å². The van der Waals surface area contributed by atoms with Gasteiger partial charge in [-0.1, -0.05) is 54.6 Å². The van der Waals surface area contributed by atoms with E-state index in [-0.39, 0.29) is 17.7 Å². The zero-order valence-electron chi connectivity index (χ0n) is 20.8. The highest BCUT2D eigenvalue weighted by Crippen LogP contribution is 2.36. The Morgan fingerprint density at radius 1 is 0.919 bits per heavy atom. The molecule has 192 valence electrons. The van der Waals surface area contributed by atoms with E-state index < -0.39 is 0 Å². The van der Waals surface area contributed by atoms with Crippen LogP contribution in [-0.4, -0.2) is 34.3 Å². The Labute approximate surface area is 228 Å². The fourth-order valence-corrected chi connectivity index (χ4v) is 6.16. The first-order valence-electron chi connectivity index (χ1n) is 13.1. The third kappa shape index (κ3) is 6.00. The fourth-order valence-electron chi connectivity index (χ4n) is 5.52. The van der Waals surface area contributed by atoms with Crippen LogP contribution in [0.25, 0.3) is 11.1 Å². The Bertz CT molecular complexity index is 1230. The Kier molecular flexibility index (Phi) is 8.11. The Morgan fingerprint density at radius 3 is 2.27 bits per heavy atom. The Balaban J connectivity index is 1.23. The molecular formula is C30H31Cl2N3O2. The van der Waals surface area contributed by atoms with E-state index >= 15 is 0 Å². The van der Waals surface area contributed by atoms with Crippen molar-refractivity contribution in [3.05, 3.63) is 87.7 Å². The molecule has 2 aromatic carbocycles. The Morgan fingerprint density at radius 2 is 1.59 bits per heavy atom. The highest BCUT2D eigenvalue weighted by atomic mass is 35.5. The second-order valence-electron chi connectivity index (χ2n) is 10.0. The number of carbonyl (C=O) groups excluding carboxylic acids is 2. The molecule has 2 heterocycles. The second-order valence-corrected chi connectivity index (χ2v) is 10.9. The molecule has 1 aromatic heterocycles. The number of nitrogens with zero attached hydrogens (tertiary/aromatic N) is 2. The molecule has 5 rings (SSSR count). The molecule has 1 saturated carbocycles. The van der Waals surface area contributed by atoms with Crippen LogP contribution in [0.3, 0.4) is 0 Å². The number of pyridine rings is 1. The molecule has 0 spiro atoms. The summed E-state index contributed by atoms with van der Waals surface area (Å²) in [6.45, 7) is 1.28.